The van der Waals surface area contributed by atoms with Crippen LogP contribution in [0.5, 0.6) is 0 Å². The molecule has 1 aromatic carbocycles. The lowest BCUT2D eigenvalue weighted by atomic mass is 10.1. The second kappa shape index (κ2) is 7.20. The number of aryl methyl sites for hydroxylation is 1. The molecule has 0 unspecified atom stereocenters. The summed E-state index contributed by atoms with van der Waals surface area (Å²) in [5.74, 6) is -0.846. The van der Waals surface area contributed by atoms with Crippen LogP contribution in [0.1, 0.15) is 44.5 Å². The number of hydrogen-bond donors (Lipinski definition) is 1. The van der Waals surface area contributed by atoms with Gasteiger partial charge in [-0.25, -0.2) is 13.2 Å². The van der Waals surface area contributed by atoms with Crippen LogP contribution in [0.25, 0.3) is 0 Å². The molecule has 0 fully saturated rings. The Morgan fingerprint density at radius 2 is 1.88 bits per heavy atom. The molecule has 26 heavy (non-hydrogen) atoms. The van der Waals surface area contributed by atoms with Crippen LogP contribution in [-0.4, -0.2) is 33.2 Å². The molecule has 6 nitrogen and oxygen atoms in total. The molecule has 8 heteroatoms. The first-order chi connectivity index (χ1) is 12.4. The first-order valence-electron chi connectivity index (χ1n) is 8.24. The molecule has 1 aliphatic rings. The fourth-order valence-corrected chi connectivity index (χ4v) is 5.12. The third-order valence-electron chi connectivity index (χ3n) is 4.39. The van der Waals surface area contributed by atoms with Crippen molar-refractivity contribution in [2.75, 3.05) is 18.2 Å². The van der Waals surface area contributed by atoms with E-state index in [4.69, 9.17) is 4.74 Å². The summed E-state index contributed by atoms with van der Waals surface area (Å²) in [6, 6.07) is 5.78. The minimum Gasteiger partial charge on any atom is -0.465 e. The highest BCUT2D eigenvalue weighted by Gasteiger charge is 2.28. The lowest BCUT2D eigenvalue weighted by Crippen LogP contribution is -2.15. The highest BCUT2D eigenvalue weighted by molar-refractivity contribution is 7.91. The number of carbonyl (C=O) groups is 2. The van der Waals surface area contributed by atoms with Crippen LogP contribution >= 0.6 is 11.3 Å². The van der Waals surface area contributed by atoms with Crippen molar-refractivity contribution < 1.29 is 22.7 Å². The Hall–Kier alpha value is -2.19. The number of amides is 1. The molecule has 0 radical (unpaired) electrons. The zero-order chi connectivity index (χ0) is 18.9. The fraction of sp³-hybridized carbons (Fsp3) is 0.333. The van der Waals surface area contributed by atoms with E-state index in [1.54, 1.807) is 6.92 Å². The van der Waals surface area contributed by atoms with Crippen molar-refractivity contribution in [1.29, 1.82) is 0 Å². The number of anilines is 1. The van der Waals surface area contributed by atoms with E-state index >= 15 is 0 Å². The van der Waals surface area contributed by atoms with Gasteiger partial charge < -0.3 is 10.1 Å². The van der Waals surface area contributed by atoms with Gasteiger partial charge in [0.15, 0.2) is 9.84 Å². The monoisotopic (exact) mass is 393 g/mol. The molecule has 138 valence electrons. The molecule has 1 heterocycles. The average Bonchev–Trinajstić information content (AvgIpc) is 3.21. The van der Waals surface area contributed by atoms with Crippen LogP contribution in [0.15, 0.2) is 29.2 Å². The van der Waals surface area contributed by atoms with Gasteiger partial charge in [0.1, 0.15) is 5.00 Å². The number of ether oxygens (including phenoxy) is 1. The van der Waals surface area contributed by atoms with Crippen LogP contribution < -0.4 is 5.32 Å². The number of nitrogens with one attached hydrogen (secondary N) is 1. The minimum absolute atomic E-state index is 0.00177. The van der Waals surface area contributed by atoms with Gasteiger partial charge in [-0.1, -0.05) is 6.92 Å². The van der Waals surface area contributed by atoms with Gasteiger partial charge in [-0.15, -0.1) is 11.3 Å². The molecule has 0 bridgehead atoms. The Morgan fingerprint density at radius 3 is 2.50 bits per heavy atom. The SMILES string of the molecule is CCS(=O)(=O)c1ccc(C(=O)Nc2sc3c(c2C(=O)OC)CCC3)cc1. The van der Waals surface area contributed by atoms with Gasteiger partial charge in [-0.3, -0.25) is 4.79 Å². The summed E-state index contributed by atoms with van der Waals surface area (Å²) in [5.41, 5.74) is 1.72. The lowest BCUT2D eigenvalue weighted by Gasteiger charge is -2.08. The second-order valence-electron chi connectivity index (χ2n) is 5.93. The third-order valence-corrected chi connectivity index (χ3v) is 7.35. The Morgan fingerprint density at radius 1 is 1.19 bits per heavy atom. The zero-order valence-corrected chi connectivity index (χ0v) is 16.1. The van der Waals surface area contributed by atoms with E-state index in [0.29, 0.717) is 16.1 Å². The van der Waals surface area contributed by atoms with Crippen LogP contribution in [0.4, 0.5) is 5.00 Å². The summed E-state index contributed by atoms with van der Waals surface area (Å²) in [6.07, 6.45) is 2.69. The number of thiophene rings is 1. The summed E-state index contributed by atoms with van der Waals surface area (Å²) in [6.45, 7) is 1.57. The first kappa shape index (κ1) is 18.6. The van der Waals surface area contributed by atoms with Gasteiger partial charge in [-0.05, 0) is 49.1 Å². The number of esters is 1. The number of methoxy groups -OCH3 is 1. The van der Waals surface area contributed by atoms with Crippen molar-refractivity contribution in [1.82, 2.24) is 0 Å². The molecule has 1 aliphatic carbocycles. The largest absolute Gasteiger partial charge is 0.465 e. The average molecular weight is 393 g/mol. The van der Waals surface area contributed by atoms with Gasteiger partial charge in [-0.2, -0.15) is 0 Å². The van der Waals surface area contributed by atoms with Crippen molar-refractivity contribution in [3.05, 3.63) is 45.8 Å². The predicted octanol–water partition coefficient (Wildman–Crippen LogP) is 3.07. The van der Waals surface area contributed by atoms with Crippen molar-refractivity contribution in [2.45, 2.75) is 31.1 Å². The standard InChI is InChI=1S/C18H19NO5S2/c1-3-26(22,23)12-9-7-11(8-10-12)16(20)19-17-15(18(21)24-2)13-5-4-6-14(13)25-17/h7-10H,3-6H2,1-2H3,(H,19,20). The maximum absolute atomic E-state index is 12.5. The molecule has 0 saturated heterocycles. The number of rotatable bonds is 5. The third kappa shape index (κ3) is 3.39. The molecule has 1 aromatic heterocycles. The molecule has 0 spiro atoms. The minimum atomic E-state index is -3.31. The van der Waals surface area contributed by atoms with Crippen LogP contribution in [-0.2, 0) is 27.4 Å². The van der Waals surface area contributed by atoms with Gasteiger partial charge in [0.05, 0.1) is 23.3 Å². The Labute approximate surface area is 156 Å². The van der Waals surface area contributed by atoms with Crippen molar-refractivity contribution in [3.63, 3.8) is 0 Å². The summed E-state index contributed by atoms with van der Waals surface area (Å²) in [5, 5.41) is 3.26. The van der Waals surface area contributed by atoms with E-state index in [9.17, 15) is 18.0 Å². The van der Waals surface area contributed by atoms with Crippen molar-refractivity contribution >= 4 is 38.1 Å². The fourth-order valence-electron chi connectivity index (χ4n) is 2.97. The quantitative estimate of drug-likeness (QED) is 0.789. The van der Waals surface area contributed by atoms with Gasteiger partial charge >= 0.3 is 5.97 Å². The molecule has 2 aromatic rings. The van der Waals surface area contributed by atoms with E-state index in [-0.39, 0.29) is 10.6 Å². The molecule has 1 N–H and O–H groups in total. The van der Waals surface area contributed by atoms with E-state index in [1.165, 1.54) is 42.7 Å². The number of sulfone groups is 1. The van der Waals surface area contributed by atoms with Crippen LogP contribution in [0, 0.1) is 0 Å². The molecular weight excluding hydrogens is 374 g/mol. The smallest absolute Gasteiger partial charge is 0.341 e. The van der Waals surface area contributed by atoms with Crippen LogP contribution in [0.2, 0.25) is 0 Å². The molecule has 0 aliphatic heterocycles. The highest BCUT2D eigenvalue weighted by Crippen LogP contribution is 2.39. The molecule has 0 atom stereocenters. The topological polar surface area (TPSA) is 89.5 Å². The van der Waals surface area contributed by atoms with E-state index in [1.807, 2.05) is 0 Å². The molecule has 3 rings (SSSR count). The van der Waals surface area contributed by atoms with E-state index < -0.39 is 21.7 Å². The zero-order valence-electron chi connectivity index (χ0n) is 14.5. The molecule has 1 amide bonds. The number of carbonyl (C=O) groups excluding carboxylic acids is 2. The van der Waals surface area contributed by atoms with Crippen molar-refractivity contribution in [2.24, 2.45) is 0 Å². The summed E-state index contributed by atoms with van der Waals surface area (Å²) in [4.78, 5) is 25.9. The van der Waals surface area contributed by atoms with Gasteiger partial charge in [0.2, 0.25) is 0 Å². The normalized spacial score (nSPS) is 13.3. The number of benzene rings is 1. The number of fused-ring (bicyclic) bond motifs is 1. The molecular formula is C18H19NO5S2. The van der Waals surface area contributed by atoms with Gasteiger partial charge in [0, 0.05) is 10.4 Å². The van der Waals surface area contributed by atoms with E-state index in [0.717, 1.165) is 29.7 Å². The maximum atomic E-state index is 12.5. The second-order valence-corrected chi connectivity index (χ2v) is 9.32. The highest BCUT2D eigenvalue weighted by atomic mass is 32.2. The maximum Gasteiger partial charge on any atom is 0.341 e. The number of hydrogen-bond acceptors (Lipinski definition) is 6. The predicted molar refractivity (Wildman–Crippen MR) is 99.8 cm³/mol. The Kier molecular flexibility index (Phi) is 5.15. The van der Waals surface area contributed by atoms with Crippen LogP contribution in [0.3, 0.4) is 0 Å². The summed E-state index contributed by atoms with van der Waals surface area (Å²) >= 11 is 1.40. The van der Waals surface area contributed by atoms with E-state index in [2.05, 4.69) is 5.32 Å². The van der Waals surface area contributed by atoms with Gasteiger partial charge in [0.25, 0.3) is 5.91 Å². The summed E-state index contributed by atoms with van der Waals surface area (Å²) < 4.78 is 28.6. The molecule has 0 saturated carbocycles. The summed E-state index contributed by atoms with van der Waals surface area (Å²) in [7, 11) is -1.99. The Balaban J connectivity index is 1.86. The lowest BCUT2D eigenvalue weighted by molar-refractivity contribution is 0.0601. The van der Waals surface area contributed by atoms with Crippen molar-refractivity contribution in [3.8, 4) is 0 Å². The first-order valence-corrected chi connectivity index (χ1v) is 10.7. The Bertz CT molecular complexity index is 958.